The van der Waals surface area contributed by atoms with Crippen LogP contribution in [0.25, 0.3) is 10.1 Å². The number of aromatic nitrogens is 2. The minimum atomic E-state index is -3.48. The summed E-state index contributed by atoms with van der Waals surface area (Å²) in [6.45, 7) is 15.7. The first-order valence-electron chi connectivity index (χ1n) is 20.6. The lowest BCUT2D eigenvalue weighted by atomic mass is 9.96. The fourth-order valence-electron chi connectivity index (χ4n) is 6.20. The number of primary amides is 1. The van der Waals surface area contributed by atoms with Gasteiger partial charge in [0.05, 0.1) is 24.4 Å². The number of alkyl halides is 2. The third-order valence-corrected chi connectivity index (χ3v) is 15.2. The van der Waals surface area contributed by atoms with E-state index in [4.69, 9.17) is 14.8 Å². The molecule has 0 spiro atoms. The van der Waals surface area contributed by atoms with Crippen molar-refractivity contribution < 1.29 is 41.8 Å². The van der Waals surface area contributed by atoms with Crippen molar-refractivity contribution in [1.82, 2.24) is 19.8 Å². The first-order chi connectivity index (χ1) is 28.7. The zero-order valence-corrected chi connectivity index (χ0v) is 40.1. The average molecular weight is 928 g/mol. The maximum Gasteiger partial charge on any atom is 0.339 e. The Morgan fingerprint density at radius 3 is 2.13 bits per heavy atom. The molecule has 12 nitrogen and oxygen atoms in total. The molecule has 2 aliphatic rings. The van der Waals surface area contributed by atoms with Crippen molar-refractivity contribution in [3.05, 3.63) is 52.9 Å². The summed E-state index contributed by atoms with van der Waals surface area (Å²) in [5, 5.41) is 0.348. The van der Waals surface area contributed by atoms with Crippen molar-refractivity contribution in [2.24, 2.45) is 22.5 Å². The molecule has 2 fully saturated rings. The minimum absolute atomic E-state index is 0.0617. The van der Waals surface area contributed by atoms with Crippen LogP contribution >= 0.6 is 43.2 Å². The second kappa shape index (κ2) is 24.9. The highest BCUT2D eigenvalue weighted by Crippen LogP contribution is 2.60. The van der Waals surface area contributed by atoms with Gasteiger partial charge in [-0.25, -0.2) is 4.98 Å². The molecule has 1 unspecified atom stereocenters. The summed E-state index contributed by atoms with van der Waals surface area (Å²) in [6, 6.07) is 6.39. The van der Waals surface area contributed by atoms with E-state index >= 15 is 8.78 Å². The van der Waals surface area contributed by atoms with E-state index < -0.39 is 30.8 Å². The van der Waals surface area contributed by atoms with Gasteiger partial charge in [0.25, 0.3) is 14.3 Å². The zero-order valence-electron chi connectivity index (χ0n) is 36.7. The Labute approximate surface area is 373 Å². The second-order valence-electron chi connectivity index (χ2n) is 17.4. The number of aldehydes is 1. The van der Waals surface area contributed by atoms with Gasteiger partial charge in [-0.05, 0) is 75.2 Å². The number of nitrogens with one attached hydrogen (secondary N) is 1. The SMILES string of the molecule is CC(C)(C)C(=O)SCCOP(OCCSC(=O)C(C)(C)C)C(F)(F)c1ccc2sc(C(N)=O)cc2c1.C[C@H](CCC=O)CCC1CCCN1C.O=CN1CC(c2cnc[nH]2)C1. The van der Waals surface area contributed by atoms with Gasteiger partial charge >= 0.3 is 5.66 Å². The molecule has 0 saturated carbocycles. The number of amides is 2. The molecule has 2 aromatic heterocycles. The molecule has 2 atom stereocenters. The molecule has 61 heavy (non-hydrogen) atoms. The van der Waals surface area contributed by atoms with Crippen LogP contribution in [0.15, 0.2) is 36.8 Å². The van der Waals surface area contributed by atoms with Gasteiger partial charge in [-0.1, -0.05) is 78.1 Å². The molecule has 2 aliphatic heterocycles. The van der Waals surface area contributed by atoms with Crippen LogP contribution in [0.4, 0.5) is 8.78 Å². The number of rotatable bonds is 19. The lowest BCUT2D eigenvalue weighted by Gasteiger charge is -2.35. The van der Waals surface area contributed by atoms with Gasteiger partial charge in [-0.2, -0.15) is 8.78 Å². The summed E-state index contributed by atoms with van der Waals surface area (Å²) < 4.78 is 42.9. The molecule has 1 aromatic carbocycles. The van der Waals surface area contributed by atoms with Crippen LogP contribution < -0.4 is 5.73 Å². The molecule has 18 heteroatoms. The lowest BCUT2D eigenvalue weighted by molar-refractivity contribution is -0.122. The largest absolute Gasteiger partial charge is 0.365 e. The molecule has 3 N–H and O–H groups in total. The summed E-state index contributed by atoms with van der Waals surface area (Å²) in [5.74, 6) is 0.980. The third-order valence-electron chi connectivity index (χ3n) is 10.1. The Morgan fingerprint density at radius 2 is 1.64 bits per heavy atom. The zero-order chi connectivity index (χ0) is 45.4. The number of likely N-dealkylation sites (tertiary alicyclic amines) is 2. The van der Waals surface area contributed by atoms with E-state index in [0.717, 1.165) is 85.2 Å². The number of carbonyl (C=O) groups excluding carboxylic acids is 5. The molecule has 3 aromatic rings. The first kappa shape index (κ1) is 52.6. The average Bonchev–Trinajstić information content (AvgIpc) is 3.96. The molecule has 0 bridgehead atoms. The summed E-state index contributed by atoms with van der Waals surface area (Å²) in [7, 11) is -0.500. The normalized spacial score (nSPS) is 16.6. The maximum absolute atomic E-state index is 15.6. The number of carbonyl (C=O) groups is 5. The van der Waals surface area contributed by atoms with Crippen molar-refractivity contribution >= 4 is 82.2 Å². The molecule has 0 aliphatic carbocycles. The molecule has 0 radical (unpaired) electrons. The number of halogens is 2. The molecular formula is C43H64F2N5O7PS3. The van der Waals surface area contributed by atoms with Gasteiger partial charge < -0.3 is 34.4 Å². The molecule has 340 valence electrons. The predicted molar refractivity (Wildman–Crippen MR) is 245 cm³/mol. The fraction of sp³-hybridized carbons (Fsp3) is 0.628. The van der Waals surface area contributed by atoms with Gasteiger partial charge in [-0.15, -0.1) is 11.3 Å². The molecule has 2 saturated heterocycles. The standard InChI is InChI=1S/C24H32F2NO5PS3.C12H23NO.C7H9N3O/c1-22(2,3)20(29)34-11-9-31-33(32-10-12-35-21(30)23(4,5)6)24(25,26)16-7-8-17-15(13-16)14-18(36-17)19(27)28;1-11(5-4-10-14)7-8-12-6-3-9-13(12)2;11-5-10-2-6(3-10)7-1-8-4-9-7/h7-8,13-14H,9-12H2,1-6H3,(H2,27,28);10-12H,3-9H2,1-2H3;1,4-6H,2-3H2,(H,8,9)/t;11-,12?;/m.1./s1. The number of hydrogen-bond donors (Lipinski definition) is 2. The van der Waals surface area contributed by atoms with Crippen LogP contribution in [0, 0.1) is 16.7 Å². The van der Waals surface area contributed by atoms with Crippen LogP contribution in [0.1, 0.15) is 114 Å². The number of fused-ring (bicyclic) bond motifs is 1. The van der Waals surface area contributed by atoms with Crippen molar-refractivity contribution in [2.75, 3.05) is 51.4 Å². The fourth-order valence-corrected chi connectivity index (χ4v) is 10.2. The number of imidazole rings is 1. The third kappa shape index (κ3) is 17.4. The van der Waals surface area contributed by atoms with E-state index in [0.29, 0.717) is 21.9 Å². The Hall–Kier alpha value is -2.79. The van der Waals surface area contributed by atoms with Gasteiger partial charge in [0, 0.05) is 76.0 Å². The Bertz CT molecular complexity index is 1820. The van der Waals surface area contributed by atoms with Crippen molar-refractivity contribution in [3.8, 4) is 0 Å². The summed E-state index contributed by atoms with van der Waals surface area (Å²) in [6.07, 6.45) is 12.5. The summed E-state index contributed by atoms with van der Waals surface area (Å²) >= 11 is 3.19. The van der Waals surface area contributed by atoms with Crippen molar-refractivity contribution in [2.45, 2.75) is 105 Å². The van der Waals surface area contributed by atoms with Gasteiger partial charge in [0.1, 0.15) is 6.29 Å². The van der Waals surface area contributed by atoms with Gasteiger partial charge in [0.15, 0.2) is 10.2 Å². The molecular weight excluding hydrogens is 864 g/mol. The maximum atomic E-state index is 15.6. The van der Waals surface area contributed by atoms with E-state index in [1.165, 1.54) is 56.5 Å². The molecule has 5 rings (SSSR count). The highest BCUT2D eigenvalue weighted by molar-refractivity contribution is 8.14. The molecule has 2 amide bonds. The van der Waals surface area contributed by atoms with E-state index in [-0.39, 0.29) is 45.4 Å². The highest BCUT2D eigenvalue weighted by atomic mass is 32.2. The smallest absolute Gasteiger partial charge is 0.339 e. The van der Waals surface area contributed by atoms with E-state index in [1.54, 1.807) is 52.8 Å². The number of thioether (sulfide) groups is 2. The van der Waals surface area contributed by atoms with Gasteiger partial charge in [-0.3, -0.25) is 19.2 Å². The lowest BCUT2D eigenvalue weighted by Crippen LogP contribution is -2.43. The number of hydrogen-bond acceptors (Lipinski definition) is 12. The number of benzene rings is 1. The Kier molecular flexibility index (Phi) is 21.4. The van der Waals surface area contributed by atoms with Gasteiger partial charge in [0.2, 0.25) is 6.41 Å². The number of H-pyrrole nitrogens is 1. The second-order valence-corrected chi connectivity index (χ2v) is 22.2. The topological polar surface area (TPSA) is 165 Å². The molecule has 4 heterocycles. The number of nitrogens with zero attached hydrogens (tertiary/aromatic N) is 3. The number of thiophene rings is 1. The Morgan fingerprint density at radius 1 is 1.02 bits per heavy atom. The van der Waals surface area contributed by atoms with Crippen LogP contribution in [-0.4, -0.2) is 106 Å². The quantitative estimate of drug-likeness (QED) is 0.0669. The van der Waals surface area contributed by atoms with E-state index in [1.807, 2.05) is 6.20 Å². The predicted octanol–water partition coefficient (Wildman–Crippen LogP) is 9.45. The van der Waals surface area contributed by atoms with Crippen LogP contribution in [0.5, 0.6) is 0 Å². The summed E-state index contributed by atoms with van der Waals surface area (Å²) in [5.41, 5.74) is 1.56. The van der Waals surface area contributed by atoms with E-state index in [9.17, 15) is 24.0 Å². The Balaban J connectivity index is 0.000000318. The number of aromatic amines is 1. The van der Waals surface area contributed by atoms with Crippen LogP contribution in [0.3, 0.4) is 0 Å². The van der Waals surface area contributed by atoms with Crippen molar-refractivity contribution in [3.63, 3.8) is 0 Å². The van der Waals surface area contributed by atoms with Crippen molar-refractivity contribution in [1.29, 1.82) is 0 Å². The first-order valence-corrected chi connectivity index (χ1v) is 24.6. The highest BCUT2D eigenvalue weighted by Gasteiger charge is 2.45. The van der Waals surface area contributed by atoms with Crippen LogP contribution in [-0.2, 0) is 33.9 Å². The van der Waals surface area contributed by atoms with Crippen LogP contribution in [0.2, 0.25) is 0 Å². The summed E-state index contributed by atoms with van der Waals surface area (Å²) in [4.78, 5) is 67.6. The van der Waals surface area contributed by atoms with E-state index in [2.05, 4.69) is 28.8 Å². The minimum Gasteiger partial charge on any atom is -0.365 e. The number of nitrogens with two attached hydrogens (primary N) is 1. The monoisotopic (exact) mass is 927 g/mol.